The van der Waals surface area contributed by atoms with Crippen LogP contribution in [0.4, 0.5) is 0 Å². The van der Waals surface area contributed by atoms with Gasteiger partial charge in [0.1, 0.15) is 0 Å². The Morgan fingerprint density at radius 2 is 1.50 bits per heavy atom. The third kappa shape index (κ3) is 2.57. The topological polar surface area (TPSA) is 54.4 Å². The quantitative estimate of drug-likeness (QED) is 0.630. The van der Waals surface area contributed by atoms with Gasteiger partial charge in [-0.1, -0.05) is 0 Å². The van der Waals surface area contributed by atoms with Crippen LogP contribution < -0.4 is 0 Å². The van der Waals surface area contributed by atoms with Crippen LogP contribution in [0.5, 0.6) is 0 Å². The number of thiophene rings is 3. The zero-order valence-corrected chi connectivity index (χ0v) is 15.5. The summed E-state index contributed by atoms with van der Waals surface area (Å²) in [5.41, 5.74) is 4.87. The van der Waals surface area contributed by atoms with Crippen LogP contribution in [0.1, 0.15) is 16.7 Å². The highest BCUT2D eigenvalue weighted by Gasteiger charge is 2.26. The van der Waals surface area contributed by atoms with E-state index >= 15 is 0 Å². The van der Waals surface area contributed by atoms with Crippen LogP contribution in [0.25, 0.3) is 20.9 Å². The van der Waals surface area contributed by atoms with Crippen molar-refractivity contribution in [3.05, 3.63) is 38.9 Å². The molecule has 3 rings (SSSR count). The van der Waals surface area contributed by atoms with E-state index in [2.05, 4.69) is 13.0 Å². The van der Waals surface area contributed by atoms with Crippen molar-refractivity contribution >= 4 is 44.1 Å². The van der Waals surface area contributed by atoms with Gasteiger partial charge in [-0.2, -0.15) is 8.42 Å². The molecule has 116 valence electrons. The largest absolute Gasteiger partial charge is 0.304 e. The lowest BCUT2D eigenvalue weighted by atomic mass is 10.0. The second-order valence-corrected chi connectivity index (χ2v) is 9.40. The van der Waals surface area contributed by atoms with Crippen molar-refractivity contribution in [1.29, 1.82) is 0 Å². The van der Waals surface area contributed by atoms with Crippen LogP contribution in [0.3, 0.4) is 0 Å². The second kappa shape index (κ2) is 5.58. The Balaban J connectivity index is 2.33. The van der Waals surface area contributed by atoms with E-state index in [1.54, 1.807) is 16.7 Å². The molecule has 3 aromatic heterocycles. The molecule has 0 aliphatic carbocycles. The number of hydrogen-bond acceptors (Lipinski definition) is 5. The van der Waals surface area contributed by atoms with Gasteiger partial charge in [0.15, 0.2) is 4.21 Å². The molecule has 0 bridgehead atoms. The van der Waals surface area contributed by atoms with E-state index in [0.717, 1.165) is 37.8 Å². The monoisotopic (exact) mass is 370 g/mol. The zero-order valence-electron chi connectivity index (χ0n) is 12.2. The Morgan fingerprint density at radius 3 is 2.09 bits per heavy atom. The van der Waals surface area contributed by atoms with Crippen molar-refractivity contribution < 1.29 is 13.0 Å². The standard InChI is InChI=1S/C15H14O3S4/c1-8-4-5-19-13(8)11-9(2)6-20-14(11)12-10(3)7-21-15(12)22(16,17)18/h4-7H,1-3H3,(H,16,17,18). The van der Waals surface area contributed by atoms with Gasteiger partial charge < -0.3 is 0 Å². The summed E-state index contributed by atoms with van der Waals surface area (Å²) in [4.78, 5) is 2.06. The van der Waals surface area contributed by atoms with Crippen LogP contribution in [0.15, 0.2) is 26.4 Å². The summed E-state index contributed by atoms with van der Waals surface area (Å²) >= 11 is 4.24. The minimum Gasteiger partial charge on any atom is -0.281 e. The summed E-state index contributed by atoms with van der Waals surface area (Å²) in [5, 5.41) is 5.85. The van der Waals surface area contributed by atoms with Gasteiger partial charge in [0.2, 0.25) is 0 Å². The molecule has 0 aliphatic rings. The van der Waals surface area contributed by atoms with Crippen LogP contribution in [-0.4, -0.2) is 13.0 Å². The Hall–Kier alpha value is -0.990. The molecule has 0 spiro atoms. The minimum atomic E-state index is -4.22. The SMILES string of the molecule is Cc1ccsc1-c1c(C)csc1-c1c(C)csc1S(=O)(=O)O. The molecule has 0 unspecified atom stereocenters. The summed E-state index contributed by atoms with van der Waals surface area (Å²) in [6.45, 7) is 5.96. The van der Waals surface area contributed by atoms with E-state index < -0.39 is 10.1 Å². The zero-order chi connectivity index (χ0) is 16.1. The molecule has 0 saturated heterocycles. The molecule has 0 aromatic carbocycles. The summed E-state index contributed by atoms with van der Waals surface area (Å²) in [7, 11) is -4.22. The minimum absolute atomic E-state index is 0.0299. The predicted molar refractivity (Wildman–Crippen MR) is 95.0 cm³/mol. The fourth-order valence-corrected chi connectivity index (χ4v) is 6.77. The molecular formula is C15H14O3S4. The highest BCUT2D eigenvalue weighted by molar-refractivity contribution is 7.88. The van der Waals surface area contributed by atoms with E-state index in [1.807, 2.05) is 24.6 Å². The molecule has 0 aliphatic heterocycles. The smallest absolute Gasteiger partial charge is 0.281 e. The second-order valence-electron chi connectivity index (χ2n) is 5.11. The van der Waals surface area contributed by atoms with Crippen LogP contribution in [0, 0.1) is 20.8 Å². The average molecular weight is 371 g/mol. The maximum absolute atomic E-state index is 11.7. The first-order chi connectivity index (χ1) is 10.3. The number of rotatable bonds is 3. The Kier molecular flexibility index (Phi) is 4.03. The molecule has 3 nitrogen and oxygen atoms in total. The van der Waals surface area contributed by atoms with Crippen molar-refractivity contribution in [3.63, 3.8) is 0 Å². The normalized spacial score (nSPS) is 12.0. The molecule has 0 atom stereocenters. The number of hydrogen-bond donors (Lipinski definition) is 1. The highest BCUT2D eigenvalue weighted by atomic mass is 32.3. The molecular weight excluding hydrogens is 356 g/mol. The fourth-order valence-electron chi connectivity index (χ4n) is 2.42. The molecule has 7 heteroatoms. The maximum atomic E-state index is 11.7. The van der Waals surface area contributed by atoms with Crippen molar-refractivity contribution in [2.24, 2.45) is 0 Å². The van der Waals surface area contributed by atoms with Gasteiger partial charge in [-0.05, 0) is 59.7 Å². The third-order valence-corrected chi connectivity index (χ3v) is 8.10. The van der Waals surface area contributed by atoms with Crippen LogP contribution >= 0.6 is 34.0 Å². The van der Waals surface area contributed by atoms with Gasteiger partial charge in [0.25, 0.3) is 0 Å². The van der Waals surface area contributed by atoms with Gasteiger partial charge in [0.05, 0.1) is 0 Å². The molecule has 3 heterocycles. The lowest BCUT2D eigenvalue weighted by Gasteiger charge is -2.07. The molecule has 3 aromatic rings. The summed E-state index contributed by atoms with van der Waals surface area (Å²) < 4.78 is 32.9. The van der Waals surface area contributed by atoms with Gasteiger partial charge in [-0.15, -0.1) is 34.0 Å². The van der Waals surface area contributed by atoms with Crippen molar-refractivity contribution in [2.45, 2.75) is 25.0 Å². The van der Waals surface area contributed by atoms with Crippen molar-refractivity contribution in [2.75, 3.05) is 0 Å². The first kappa shape index (κ1) is 15.9. The summed E-state index contributed by atoms with van der Waals surface area (Å²) in [6, 6.07) is 2.06. The average Bonchev–Trinajstić information content (AvgIpc) is 3.08. The lowest BCUT2D eigenvalue weighted by molar-refractivity contribution is 0.486. The first-order valence-electron chi connectivity index (χ1n) is 6.49. The van der Waals surface area contributed by atoms with E-state index in [0.29, 0.717) is 5.56 Å². The van der Waals surface area contributed by atoms with Gasteiger partial charge in [-0.3, -0.25) is 4.55 Å². The molecule has 0 radical (unpaired) electrons. The number of aryl methyl sites for hydroxylation is 3. The Bertz CT molecular complexity index is 942. The summed E-state index contributed by atoms with van der Waals surface area (Å²) in [5.74, 6) is 0. The van der Waals surface area contributed by atoms with Gasteiger partial charge in [-0.25, -0.2) is 0 Å². The van der Waals surface area contributed by atoms with Gasteiger partial charge in [0, 0.05) is 20.9 Å². The third-order valence-electron chi connectivity index (χ3n) is 3.47. The molecule has 0 saturated carbocycles. The molecule has 0 fully saturated rings. The van der Waals surface area contributed by atoms with Crippen molar-refractivity contribution in [3.8, 4) is 20.9 Å². The highest BCUT2D eigenvalue weighted by Crippen LogP contribution is 2.47. The molecule has 22 heavy (non-hydrogen) atoms. The van der Waals surface area contributed by atoms with E-state index in [9.17, 15) is 13.0 Å². The van der Waals surface area contributed by atoms with Gasteiger partial charge >= 0.3 is 10.1 Å². The van der Waals surface area contributed by atoms with Crippen molar-refractivity contribution in [1.82, 2.24) is 0 Å². The van der Waals surface area contributed by atoms with E-state index in [4.69, 9.17) is 0 Å². The van der Waals surface area contributed by atoms with Crippen LogP contribution in [0.2, 0.25) is 0 Å². The first-order valence-corrected chi connectivity index (χ1v) is 10.6. The maximum Gasteiger partial charge on any atom is 0.304 e. The molecule has 1 N–H and O–H groups in total. The van der Waals surface area contributed by atoms with Crippen LogP contribution in [-0.2, 0) is 10.1 Å². The summed E-state index contributed by atoms with van der Waals surface area (Å²) in [6.07, 6.45) is 0. The lowest BCUT2D eigenvalue weighted by Crippen LogP contribution is -1.97. The Morgan fingerprint density at radius 1 is 0.864 bits per heavy atom. The Labute approximate surface area is 141 Å². The van der Waals surface area contributed by atoms with E-state index in [1.165, 1.54) is 16.9 Å². The van der Waals surface area contributed by atoms with E-state index in [-0.39, 0.29) is 4.21 Å². The fraction of sp³-hybridized carbons (Fsp3) is 0.200. The predicted octanol–water partition coefficient (Wildman–Crippen LogP) is 5.38. The molecule has 0 amide bonds.